The molecule has 2 aliphatic heterocycles. The molecular weight excluding hydrogens is 364 g/mol. The number of fused-ring (bicyclic) bond motifs is 3. The molecule has 6 nitrogen and oxygen atoms in total. The predicted molar refractivity (Wildman–Crippen MR) is 112 cm³/mol. The van der Waals surface area contributed by atoms with Gasteiger partial charge in [0, 0.05) is 18.8 Å². The minimum absolute atomic E-state index is 0.0207. The molecule has 0 spiro atoms. The largest absolute Gasteiger partial charge is 0.338 e. The molecular formula is C23H32N4O2. The van der Waals surface area contributed by atoms with Crippen LogP contribution in [0.3, 0.4) is 0 Å². The molecule has 29 heavy (non-hydrogen) atoms. The number of piperidine rings is 2. The molecule has 4 heterocycles. The van der Waals surface area contributed by atoms with Crippen LogP contribution in [-0.4, -0.2) is 45.0 Å². The average Bonchev–Trinajstić information content (AvgIpc) is 3.08. The van der Waals surface area contributed by atoms with Gasteiger partial charge in [0.25, 0.3) is 5.91 Å². The van der Waals surface area contributed by atoms with Gasteiger partial charge in [-0.1, -0.05) is 40.7 Å². The van der Waals surface area contributed by atoms with Gasteiger partial charge in [-0.3, -0.25) is 9.59 Å². The van der Waals surface area contributed by atoms with E-state index >= 15 is 0 Å². The SMILES string of the molecule is C[C@@H]1[C@@H]2CC(CN1C(=O)[C@@H](NC(=O)c1cc3ccccn3n1)C(C)(C)C)C2(C)C. The Labute approximate surface area is 172 Å². The van der Waals surface area contributed by atoms with Gasteiger partial charge in [-0.15, -0.1) is 0 Å². The predicted octanol–water partition coefficient (Wildman–Crippen LogP) is 3.37. The van der Waals surface area contributed by atoms with Crippen molar-refractivity contribution in [1.82, 2.24) is 19.8 Å². The van der Waals surface area contributed by atoms with Gasteiger partial charge in [0.05, 0.1) is 5.52 Å². The summed E-state index contributed by atoms with van der Waals surface area (Å²) in [6, 6.07) is 7.03. The Morgan fingerprint density at radius 3 is 2.59 bits per heavy atom. The summed E-state index contributed by atoms with van der Waals surface area (Å²) in [7, 11) is 0. The Morgan fingerprint density at radius 1 is 1.28 bits per heavy atom. The topological polar surface area (TPSA) is 66.7 Å². The van der Waals surface area contributed by atoms with Gasteiger partial charge in [0.1, 0.15) is 6.04 Å². The van der Waals surface area contributed by atoms with Crippen LogP contribution in [-0.2, 0) is 4.79 Å². The number of hydrogen-bond acceptors (Lipinski definition) is 3. The molecule has 2 bridgehead atoms. The number of pyridine rings is 1. The smallest absolute Gasteiger partial charge is 0.272 e. The molecule has 2 saturated heterocycles. The quantitative estimate of drug-likeness (QED) is 0.865. The summed E-state index contributed by atoms with van der Waals surface area (Å²) < 4.78 is 1.67. The normalized spacial score (nSPS) is 26.7. The van der Waals surface area contributed by atoms with E-state index in [2.05, 4.69) is 31.2 Å². The molecule has 4 atom stereocenters. The minimum Gasteiger partial charge on any atom is -0.338 e. The molecule has 2 aromatic rings. The molecule has 6 heteroatoms. The van der Waals surface area contributed by atoms with Crippen LogP contribution in [0.2, 0.25) is 0 Å². The first kappa shape index (κ1) is 19.9. The maximum absolute atomic E-state index is 13.6. The zero-order valence-electron chi connectivity index (χ0n) is 18.3. The molecule has 2 aromatic heterocycles. The van der Waals surface area contributed by atoms with Gasteiger partial charge in [0.15, 0.2) is 5.69 Å². The molecule has 1 aliphatic carbocycles. The Balaban J connectivity index is 1.55. The van der Waals surface area contributed by atoms with Crippen LogP contribution in [0.1, 0.15) is 58.5 Å². The Morgan fingerprint density at radius 2 is 2.00 bits per heavy atom. The van der Waals surface area contributed by atoms with Crippen LogP contribution >= 0.6 is 0 Å². The van der Waals surface area contributed by atoms with Gasteiger partial charge >= 0.3 is 0 Å². The molecule has 5 rings (SSSR count). The third-order valence-corrected chi connectivity index (χ3v) is 7.31. The fourth-order valence-corrected chi connectivity index (χ4v) is 5.16. The van der Waals surface area contributed by atoms with E-state index in [1.165, 1.54) is 6.42 Å². The number of nitrogens with one attached hydrogen (secondary N) is 1. The zero-order valence-corrected chi connectivity index (χ0v) is 18.3. The molecule has 0 aromatic carbocycles. The molecule has 3 fully saturated rings. The van der Waals surface area contributed by atoms with Crippen molar-refractivity contribution in [1.29, 1.82) is 0 Å². The lowest BCUT2D eigenvalue weighted by Gasteiger charge is -2.63. The van der Waals surface area contributed by atoms with Crippen LogP contribution in [0.4, 0.5) is 0 Å². The van der Waals surface area contributed by atoms with E-state index < -0.39 is 11.5 Å². The van der Waals surface area contributed by atoms with Gasteiger partial charge in [-0.2, -0.15) is 5.10 Å². The summed E-state index contributed by atoms with van der Waals surface area (Å²) in [6.07, 6.45) is 3.01. The van der Waals surface area contributed by atoms with Crippen molar-refractivity contribution in [3.8, 4) is 0 Å². The average molecular weight is 397 g/mol. The van der Waals surface area contributed by atoms with Crippen molar-refractivity contribution >= 4 is 17.3 Å². The number of carbonyl (C=O) groups excluding carboxylic acids is 2. The summed E-state index contributed by atoms with van der Waals surface area (Å²) >= 11 is 0. The number of amides is 2. The van der Waals surface area contributed by atoms with Gasteiger partial charge in [-0.05, 0) is 54.2 Å². The summed E-state index contributed by atoms with van der Waals surface area (Å²) in [5, 5.41) is 7.35. The second kappa shape index (κ2) is 6.57. The third-order valence-electron chi connectivity index (χ3n) is 7.31. The second-order valence-electron chi connectivity index (χ2n) is 10.5. The van der Waals surface area contributed by atoms with Crippen molar-refractivity contribution in [3.63, 3.8) is 0 Å². The van der Waals surface area contributed by atoms with Crippen molar-refractivity contribution in [3.05, 3.63) is 36.2 Å². The standard InChI is InChI=1S/C23H32N4O2/c1-14-17-11-15(23(17,5)6)13-26(14)21(29)19(22(2,3)4)24-20(28)18-12-16-9-7-8-10-27(16)25-18/h7-10,12,14-15,17,19H,11,13H2,1-6H3,(H,24,28)/t14-,15?,17+,19-/m1/s1. The summed E-state index contributed by atoms with van der Waals surface area (Å²) in [5.74, 6) is 0.784. The molecule has 2 amide bonds. The fourth-order valence-electron chi connectivity index (χ4n) is 5.16. The Kier molecular flexibility index (Phi) is 4.52. The maximum Gasteiger partial charge on any atom is 0.272 e. The van der Waals surface area contributed by atoms with Crippen molar-refractivity contribution in [2.24, 2.45) is 22.7 Å². The highest BCUT2D eigenvalue weighted by Gasteiger charge is 2.57. The second-order valence-corrected chi connectivity index (χ2v) is 10.5. The van der Waals surface area contributed by atoms with E-state index in [0.717, 1.165) is 12.1 Å². The molecule has 156 valence electrons. The van der Waals surface area contributed by atoms with Gasteiger partial charge in [-0.25, -0.2) is 4.52 Å². The molecule has 1 saturated carbocycles. The summed E-state index contributed by atoms with van der Waals surface area (Å²) in [5.41, 5.74) is 1.08. The lowest BCUT2D eigenvalue weighted by Crippen LogP contribution is -2.68. The van der Waals surface area contributed by atoms with Crippen LogP contribution < -0.4 is 5.32 Å². The first-order valence-electron chi connectivity index (χ1n) is 10.6. The lowest BCUT2D eigenvalue weighted by molar-refractivity contribution is -0.169. The maximum atomic E-state index is 13.6. The number of carbonyl (C=O) groups is 2. The number of hydrogen-bond donors (Lipinski definition) is 1. The lowest BCUT2D eigenvalue weighted by atomic mass is 9.50. The highest BCUT2D eigenvalue weighted by molar-refractivity contribution is 5.97. The highest BCUT2D eigenvalue weighted by atomic mass is 16.2. The molecule has 1 unspecified atom stereocenters. The van der Waals surface area contributed by atoms with E-state index in [-0.39, 0.29) is 17.9 Å². The van der Waals surface area contributed by atoms with E-state index in [9.17, 15) is 9.59 Å². The highest BCUT2D eigenvalue weighted by Crippen LogP contribution is 2.57. The third kappa shape index (κ3) is 3.22. The summed E-state index contributed by atoms with van der Waals surface area (Å²) in [6.45, 7) is 13.6. The van der Waals surface area contributed by atoms with E-state index in [1.807, 2.05) is 50.1 Å². The monoisotopic (exact) mass is 396 g/mol. The summed E-state index contributed by atoms with van der Waals surface area (Å²) in [4.78, 5) is 28.5. The zero-order chi connectivity index (χ0) is 21.1. The van der Waals surface area contributed by atoms with Crippen molar-refractivity contribution in [2.75, 3.05) is 6.54 Å². The van der Waals surface area contributed by atoms with Crippen molar-refractivity contribution in [2.45, 2.75) is 60.0 Å². The molecule has 1 N–H and O–H groups in total. The van der Waals surface area contributed by atoms with Crippen LogP contribution in [0.15, 0.2) is 30.5 Å². The first-order chi connectivity index (χ1) is 13.5. The van der Waals surface area contributed by atoms with Crippen LogP contribution in [0.5, 0.6) is 0 Å². The molecule has 3 aliphatic rings. The fraction of sp³-hybridized carbons (Fsp3) is 0.609. The number of rotatable bonds is 3. The van der Waals surface area contributed by atoms with E-state index in [0.29, 0.717) is 22.9 Å². The van der Waals surface area contributed by atoms with Gasteiger partial charge in [0.2, 0.25) is 5.91 Å². The Hall–Kier alpha value is -2.37. The minimum atomic E-state index is -0.595. The first-order valence-corrected chi connectivity index (χ1v) is 10.6. The van der Waals surface area contributed by atoms with Gasteiger partial charge < -0.3 is 10.2 Å². The Bertz CT molecular complexity index is 922. The van der Waals surface area contributed by atoms with E-state index in [1.54, 1.807) is 10.6 Å². The van der Waals surface area contributed by atoms with Crippen molar-refractivity contribution < 1.29 is 9.59 Å². The number of nitrogens with zero attached hydrogens (tertiary/aromatic N) is 3. The number of aromatic nitrogens is 2. The van der Waals surface area contributed by atoms with Crippen LogP contribution in [0, 0.1) is 22.7 Å². The molecule has 0 radical (unpaired) electrons. The van der Waals surface area contributed by atoms with Crippen LogP contribution in [0.25, 0.3) is 5.52 Å². The van der Waals surface area contributed by atoms with E-state index in [4.69, 9.17) is 0 Å².